The molecule has 10 heteroatoms. The SMILES string of the molecule is Cc1ccccc1-c1ccc(N2CCN(C(=O)Nc3cc(C(F)(F)F)ccc3Cl)CC2)nn1. The quantitative estimate of drug-likeness (QED) is 0.545. The molecule has 1 aromatic heterocycles. The van der Waals surface area contributed by atoms with Gasteiger partial charge in [-0.05, 0) is 42.8 Å². The summed E-state index contributed by atoms with van der Waals surface area (Å²) in [5.74, 6) is 0.702. The Hall–Kier alpha value is -3.33. The summed E-state index contributed by atoms with van der Waals surface area (Å²) >= 11 is 5.98. The fourth-order valence-electron chi connectivity index (χ4n) is 3.63. The average molecular weight is 476 g/mol. The molecule has 0 spiro atoms. The number of carbonyl (C=O) groups excluding carboxylic acids is 1. The zero-order valence-electron chi connectivity index (χ0n) is 17.7. The Morgan fingerprint density at radius 2 is 1.73 bits per heavy atom. The largest absolute Gasteiger partial charge is 0.416 e. The van der Waals surface area contributed by atoms with Crippen LogP contribution < -0.4 is 10.2 Å². The van der Waals surface area contributed by atoms with Gasteiger partial charge in [0, 0.05) is 31.7 Å². The Balaban J connectivity index is 1.37. The minimum absolute atomic E-state index is 0.0407. The van der Waals surface area contributed by atoms with Crippen LogP contribution in [0.1, 0.15) is 11.1 Å². The lowest BCUT2D eigenvalue weighted by Crippen LogP contribution is -2.50. The fraction of sp³-hybridized carbons (Fsp3) is 0.261. The average Bonchev–Trinajstić information content (AvgIpc) is 2.80. The van der Waals surface area contributed by atoms with Crippen LogP contribution in [-0.4, -0.2) is 47.3 Å². The number of aryl methyl sites for hydroxylation is 1. The van der Waals surface area contributed by atoms with E-state index in [0.717, 1.165) is 35.0 Å². The summed E-state index contributed by atoms with van der Waals surface area (Å²) in [5.41, 5.74) is 1.97. The summed E-state index contributed by atoms with van der Waals surface area (Å²) < 4.78 is 38.9. The highest BCUT2D eigenvalue weighted by Gasteiger charge is 2.31. The summed E-state index contributed by atoms with van der Waals surface area (Å²) in [7, 11) is 0. The molecule has 0 unspecified atom stereocenters. The number of urea groups is 1. The van der Waals surface area contributed by atoms with Crippen LogP contribution in [0, 0.1) is 6.92 Å². The van der Waals surface area contributed by atoms with Crippen LogP contribution in [0.5, 0.6) is 0 Å². The van der Waals surface area contributed by atoms with Gasteiger partial charge < -0.3 is 15.1 Å². The van der Waals surface area contributed by atoms with E-state index in [9.17, 15) is 18.0 Å². The zero-order valence-corrected chi connectivity index (χ0v) is 18.5. The van der Waals surface area contributed by atoms with Crippen molar-refractivity contribution in [1.82, 2.24) is 15.1 Å². The van der Waals surface area contributed by atoms with Crippen LogP contribution >= 0.6 is 11.6 Å². The third-order valence-electron chi connectivity index (χ3n) is 5.50. The molecule has 0 saturated carbocycles. The van der Waals surface area contributed by atoms with E-state index >= 15 is 0 Å². The number of anilines is 2. The third-order valence-corrected chi connectivity index (χ3v) is 5.83. The second-order valence-corrected chi connectivity index (χ2v) is 8.10. The molecular weight excluding hydrogens is 455 g/mol. The van der Waals surface area contributed by atoms with Gasteiger partial charge in [-0.3, -0.25) is 0 Å². The summed E-state index contributed by atoms with van der Waals surface area (Å²) in [6.45, 7) is 3.80. The number of hydrogen-bond acceptors (Lipinski definition) is 4. The highest BCUT2D eigenvalue weighted by atomic mass is 35.5. The van der Waals surface area contributed by atoms with Crippen molar-refractivity contribution in [3.05, 3.63) is 70.7 Å². The van der Waals surface area contributed by atoms with E-state index < -0.39 is 17.8 Å². The lowest BCUT2D eigenvalue weighted by Gasteiger charge is -2.35. The number of piperazine rings is 1. The lowest BCUT2D eigenvalue weighted by molar-refractivity contribution is -0.137. The van der Waals surface area contributed by atoms with Crippen molar-refractivity contribution in [3.63, 3.8) is 0 Å². The molecule has 0 bridgehead atoms. The highest BCUT2D eigenvalue weighted by molar-refractivity contribution is 6.33. The molecule has 0 aliphatic carbocycles. The van der Waals surface area contributed by atoms with Crippen LogP contribution in [0.4, 0.5) is 29.5 Å². The molecule has 2 aromatic carbocycles. The first kappa shape index (κ1) is 22.8. The highest BCUT2D eigenvalue weighted by Crippen LogP contribution is 2.34. The van der Waals surface area contributed by atoms with Crippen LogP contribution in [0.2, 0.25) is 5.02 Å². The van der Waals surface area contributed by atoms with Crippen molar-refractivity contribution in [3.8, 4) is 11.3 Å². The van der Waals surface area contributed by atoms with Gasteiger partial charge in [0.2, 0.25) is 0 Å². The number of amides is 2. The van der Waals surface area contributed by atoms with E-state index in [-0.39, 0.29) is 10.7 Å². The molecule has 1 N–H and O–H groups in total. The van der Waals surface area contributed by atoms with Crippen molar-refractivity contribution in [2.75, 3.05) is 36.4 Å². The van der Waals surface area contributed by atoms with Crippen molar-refractivity contribution in [2.45, 2.75) is 13.1 Å². The molecule has 1 saturated heterocycles. The maximum atomic E-state index is 13.0. The number of carbonyl (C=O) groups is 1. The van der Waals surface area contributed by atoms with Gasteiger partial charge in [0.15, 0.2) is 5.82 Å². The molecule has 1 aliphatic rings. The molecule has 6 nitrogen and oxygen atoms in total. The number of benzene rings is 2. The third kappa shape index (κ3) is 5.19. The Morgan fingerprint density at radius 1 is 1.00 bits per heavy atom. The Bertz CT molecular complexity index is 1150. The topological polar surface area (TPSA) is 61.4 Å². The fourth-order valence-corrected chi connectivity index (χ4v) is 3.79. The molecule has 2 heterocycles. The predicted molar refractivity (Wildman–Crippen MR) is 121 cm³/mol. The van der Waals surface area contributed by atoms with Crippen LogP contribution in [0.3, 0.4) is 0 Å². The number of nitrogens with one attached hydrogen (secondary N) is 1. The van der Waals surface area contributed by atoms with Crippen LogP contribution in [0.25, 0.3) is 11.3 Å². The smallest absolute Gasteiger partial charge is 0.352 e. The van der Waals surface area contributed by atoms with Crippen molar-refractivity contribution in [2.24, 2.45) is 0 Å². The number of alkyl halides is 3. The van der Waals surface area contributed by atoms with Gasteiger partial charge in [0.05, 0.1) is 22.0 Å². The summed E-state index contributed by atoms with van der Waals surface area (Å²) in [6.07, 6.45) is -4.52. The monoisotopic (exact) mass is 475 g/mol. The Kier molecular flexibility index (Phi) is 6.42. The zero-order chi connectivity index (χ0) is 23.6. The van der Waals surface area contributed by atoms with Crippen molar-refractivity contribution < 1.29 is 18.0 Å². The number of rotatable bonds is 3. The number of halogens is 4. The minimum Gasteiger partial charge on any atom is -0.352 e. The molecule has 33 heavy (non-hydrogen) atoms. The second kappa shape index (κ2) is 9.27. The molecule has 4 rings (SSSR count). The number of nitrogens with zero attached hydrogens (tertiary/aromatic N) is 4. The van der Waals surface area contributed by atoms with E-state index in [1.165, 1.54) is 4.90 Å². The molecule has 2 amide bonds. The first-order chi connectivity index (χ1) is 15.7. The first-order valence-electron chi connectivity index (χ1n) is 10.3. The molecule has 1 aliphatic heterocycles. The van der Waals surface area contributed by atoms with E-state index in [0.29, 0.717) is 32.0 Å². The van der Waals surface area contributed by atoms with Gasteiger partial charge in [-0.25, -0.2) is 4.79 Å². The normalized spacial score (nSPS) is 14.3. The molecule has 172 valence electrons. The van der Waals surface area contributed by atoms with E-state index in [1.54, 1.807) is 0 Å². The predicted octanol–water partition coefficient (Wildman–Crippen LogP) is 5.48. The van der Waals surface area contributed by atoms with E-state index in [1.807, 2.05) is 48.2 Å². The Labute approximate surface area is 194 Å². The number of aromatic nitrogens is 2. The van der Waals surface area contributed by atoms with Gasteiger partial charge >= 0.3 is 12.2 Å². The Morgan fingerprint density at radius 3 is 2.36 bits per heavy atom. The van der Waals surface area contributed by atoms with E-state index in [4.69, 9.17) is 11.6 Å². The van der Waals surface area contributed by atoms with Gasteiger partial charge in [-0.2, -0.15) is 13.2 Å². The van der Waals surface area contributed by atoms with E-state index in [2.05, 4.69) is 15.5 Å². The molecule has 0 radical (unpaired) electrons. The van der Waals surface area contributed by atoms with Gasteiger partial charge in [0.25, 0.3) is 0 Å². The molecule has 3 aromatic rings. The molecular formula is C23H21ClF3N5O. The van der Waals surface area contributed by atoms with Gasteiger partial charge in [-0.15, -0.1) is 10.2 Å². The molecule has 0 atom stereocenters. The maximum Gasteiger partial charge on any atom is 0.416 e. The first-order valence-corrected chi connectivity index (χ1v) is 10.7. The van der Waals surface area contributed by atoms with Crippen LogP contribution in [-0.2, 0) is 6.18 Å². The van der Waals surface area contributed by atoms with Gasteiger partial charge in [-0.1, -0.05) is 35.9 Å². The lowest BCUT2D eigenvalue weighted by atomic mass is 10.1. The summed E-state index contributed by atoms with van der Waals surface area (Å²) in [6, 6.07) is 14.1. The van der Waals surface area contributed by atoms with Crippen molar-refractivity contribution in [1.29, 1.82) is 0 Å². The second-order valence-electron chi connectivity index (χ2n) is 7.69. The van der Waals surface area contributed by atoms with Crippen LogP contribution in [0.15, 0.2) is 54.6 Å². The van der Waals surface area contributed by atoms with Crippen molar-refractivity contribution >= 4 is 29.1 Å². The minimum atomic E-state index is -4.52. The molecule has 1 fully saturated rings. The summed E-state index contributed by atoms with van der Waals surface area (Å²) in [5, 5.41) is 11.2. The maximum absolute atomic E-state index is 13.0. The van der Waals surface area contributed by atoms with Gasteiger partial charge in [0.1, 0.15) is 0 Å². The standard InChI is InChI=1S/C23H21ClF3N5O/c1-15-4-2-3-5-17(15)19-8-9-21(30-29-19)31-10-12-32(13-11-31)22(33)28-20-14-16(23(25,26)27)6-7-18(20)24/h2-9,14H,10-13H2,1H3,(H,28,33). The number of hydrogen-bond donors (Lipinski definition) is 1. The summed E-state index contributed by atoms with van der Waals surface area (Å²) in [4.78, 5) is 16.1.